The van der Waals surface area contributed by atoms with E-state index in [1.54, 1.807) is 0 Å². The summed E-state index contributed by atoms with van der Waals surface area (Å²) in [5.74, 6) is -7.88. The molecule has 0 radical (unpaired) electrons. The topological polar surface area (TPSA) is 190 Å². The third-order valence-corrected chi connectivity index (χ3v) is 6.76. The Morgan fingerprint density at radius 1 is 1.19 bits per heavy atom. The molecule has 10 heteroatoms. The van der Waals surface area contributed by atoms with Gasteiger partial charge in [-0.3, -0.25) is 14.4 Å². The van der Waals surface area contributed by atoms with Crippen molar-refractivity contribution in [3.63, 3.8) is 0 Å². The van der Waals surface area contributed by atoms with E-state index in [4.69, 9.17) is 5.73 Å². The highest BCUT2D eigenvalue weighted by molar-refractivity contribution is 6.24. The second-order valence-corrected chi connectivity index (χ2v) is 8.29. The number of amides is 1. The van der Waals surface area contributed by atoms with Gasteiger partial charge in [-0.05, 0) is 25.0 Å². The Bertz CT molecular complexity index is 1120. The lowest BCUT2D eigenvalue weighted by Crippen LogP contribution is -2.66. The molecule has 1 fully saturated rings. The van der Waals surface area contributed by atoms with Crippen molar-refractivity contribution in [1.29, 1.82) is 0 Å². The minimum Gasteiger partial charge on any atom is -0.508 e. The number of carbonyl (C=O) groups is 3. The number of carbonyl (C=O) groups excluding carboxylic acids is 3. The fraction of sp³-hybridized carbons (Fsp3) is 0.381. The maximum atomic E-state index is 13.5. The lowest BCUT2D eigenvalue weighted by molar-refractivity contribution is -0.154. The second-order valence-electron chi connectivity index (χ2n) is 8.29. The number of fused-ring (bicyclic) bond motifs is 3. The van der Waals surface area contributed by atoms with Crippen LogP contribution in [0.15, 0.2) is 35.1 Å². The number of likely N-dealkylation sites (N-methyl/N-ethyl adjacent to an activating group) is 1. The van der Waals surface area contributed by atoms with Gasteiger partial charge in [0.15, 0.2) is 11.4 Å². The van der Waals surface area contributed by atoms with Gasteiger partial charge >= 0.3 is 0 Å². The molecule has 0 heterocycles. The Hall–Kier alpha value is -3.21. The number of ketones is 2. The van der Waals surface area contributed by atoms with Crippen LogP contribution in [-0.4, -0.2) is 61.7 Å². The normalized spacial score (nSPS) is 34.8. The van der Waals surface area contributed by atoms with Crippen molar-refractivity contribution in [2.24, 2.45) is 17.6 Å². The molecule has 8 N–H and O–H groups in total. The number of aliphatic hydroxyl groups is 4. The fourth-order valence-electron chi connectivity index (χ4n) is 5.08. The number of phenols is 1. The van der Waals surface area contributed by atoms with Crippen molar-refractivity contribution in [2.75, 3.05) is 7.05 Å². The molecule has 10 nitrogen and oxygen atoms in total. The molecule has 0 spiro atoms. The average molecular weight is 430 g/mol. The van der Waals surface area contributed by atoms with Gasteiger partial charge in [-0.1, -0.05) is 12.1 Å². The van der Waals surface area contributed by atoms with Crippen LogP contribution in [0.2, 0.25) is 0 Å². The lowest BCUT2D eigenvalue weighted by Gasteiger charge is -2.51. The maximum absolute atomic E-state index is 13.5. The molecule has 1 aromatic rings. The number of hydrogen-bond donors (Lipinski definition) is 7. The van der Waals surface area contributed by atoms with Crippen LogP contribution in [0.5, 0.6) is 5.75 Å². The predicted octanol–water partition coefficient (Wildman–Crippen LogP) is -0.713. The number of aromatic hydroxyl groups is 1. The minimum atomic E-state index is -2.77. The van der Waals surface area contributed by atoms with E-state index in [-0.39, 0.29) is 17.5 Å². The lowest BCUT2D eigenvalue weighted by atomic mass is 9.55. The Kier molecular flexibility index (Phi) is 4.34. The molecule has 3 aliphatic carbocycles. The number of benzene rings is 1. The van der Waals surface area contributed by atoms with Gasteiger partial charge in [0.25, 0.3) is 5.91 Å². The summed E-state index contributed by atoms with van der Waals surface area (Å²) in [5.41, 5.74) is 0.150. The molecule has 4 rings (SSSR count). The molecule has 0 bridgehead atoms. The first-order valence-corrected chi connectivity index (χ1v) is 9.61. The summed E-state index contributed by atoms with van der Waals surface area (Å²) in [6.07, 6.45) is -0.262. The highest BCUT2D eigenvalue weighted by Gasteiger charge is 2.65. The van der Waals surface area contributed by atoms with Gasteiger partial charge in [0.1, 0.15) is 22.8 Å². The van der Waals surface area contributed by atoms with Gasteiger partial charge in [0.05, 0.1) is 17.2 Å². The van der Waals surface area contributed by atoms with Gasteiger partial charge in [-0.25, -0.2) is 0 Å². The molecule has 31 heavy (non-hydrogen) atoms. The van der Waals surface area contributed by atoms with Crippen LogP contribution in [0.25, 0.3) is 5.76 Å². The van der Waals surface area contributed by atoms with E-state index in [9.17, 15) is 39.9 Å². The molecule has 0 aliphatic heterocycles. The van der Waals surface area contributed by atoms with Crippen molar-refractivity contribution in [3.05, 3.63) is 46.2 Å². The summed E-state index contributed by atoms with van der Waals surface area (Å²) in [7, 11) is 1.20. The van der Waals surface area contributed by atoms with Gasteiger partial charge in [0.2, 0.25) is 5.78 Å². The third-order valence-electron chi connectivity index (χ3n) is 6.76. The monoisotopic (exact) mass is 430 g/mol. The summed E-state index contributed by atoms with van der Waals surface area (Å²) in [4.78, 5) is 38.3. The number of nitrogens with one attached hydrogen (secondary N) is 1. The summed E-state index contributed by atoms with van der Waals surface area (Å²) in [6, 6.07) is 2.66. The van der Waals surface area contributed by atoms with E-state index in [0.29, 0.717) is 0 Å². The minimum absolute atomic E-state index is 0.151. The number of nitrogens with two attached hydrogens (primary N) is 1. The number of aliphatic hydroxyl groups excluding tert-OH is 2. The highest BCUT2D eigenvalue weighted by atomic mass is 16.3. The molecule has 1 amide bonds. The Morgan fingerprint density at radius 3 is 2.45 bits per heavy atom. The molecule has 5 atom stereocenters. The van der Waals surface area contributed by atoms with Gasteiger partial charge < -0.3 is 36.6 Å². The van der Waals surface area contributed by atoms with Crippen LogP contribution < -0.4 is 11.1 Å². The van der Waals surface area contributed by atoms with E-state index < -0.39 is 75.0 Å². The zero-order valence-corrected chi connectivity index (χ0v) is 16.7. The second kappa shape index (κ2) is 6.39. The average Bonchev–Trinajstić information content (AvgIpc) is 2.72. The molecule has 1 saturated carbocycles. The highest BCUT2D eigenvalue weighted by Crippen LogP contribution is 2.56. The smallest absolute Gasteiger partial charge is 0.258 e. The Labute approximate surface area is 176 Å². The SMILES string of the molecule is CNC(=O)C1=C(O)[C@@]2(O)C(=O)C3=C(O)c4c(O)cccc4[C@@](C)(O)[C@H]3C[C@H]2[C@H](N)C1=O. The van der Waals surface area contributed by atoms with Crippen molar-refractivity contribution in [3.8, 4) is 5.75 Å². The zero-order chi connectivity index (χ0) is 23.0. The molecule has 0 saturated heterocycles. The summed E-state index contributed by atoms with van der Waals surface area (Å²) >= 11 is 0. The quantitative estimate of drug-likeness (QED) is 0.282. The fourth-order valence-corrected chi connectivity index (χ4v) is 5.08. The van der Waals surface area contributed by atoms with Crippen LogP contribution in [0, 0.1) is 11.8 Å². The largest absolute Gasteiger partial charge is 0.508 e. The Balaban J connectivity index is 2.02. The molecular formula is C21H22N2O8. The van der Waals surface area contributed by atoms with Crippen molar-refractivity contribution in [2.45, 2.75) is 30.6 Å². The Morgan fingerprint density at radius 2 is 1.84 bits per heavy atom. The van der Waals surface area contributed by atoms with E-state index in [1.807, 2.05) is 0 Å². The van der Waals surface area contributed by atoms with Crippen LogP contribution in [-0.2, 0) is 20.0 Å². The molecule has 1 aromatic carbocycles. The van der Waals surface area contributed by atoms with E-state index in [0.717, 1.165) is 0 Å². The van der Waals surface area contributed by atoms with Gasteiger partial charge in [-0.15, -0.1) is 0 Å². The first kappa shape index (κ1) is 21.0. The third kappa shape index (κ3) is 2.40. The zero-order valence-electron chi connectivity index (χ0n) is 16.7. The number of hydrogen-bond acceptors (Lipinski definition) is 9. The summed E-state index contributed by atoms with van der Waals surface area (Å²) in [5, 5.41) is 56.6. The van der Waals surface area contributed by atoms with Crippen molar-refractivity contribution in [1.82, 2.24) is 5.32 Å². The number of Topliss-reactive ketones (excluding diaryl/α,β-unsaturated/α-hetero) is 2. The first-order valence-electron chi connectivity index (χ1n) is 9.61. The standard InChI is InChI=1S/C21H22N2O8/c1-20(30)7-4-3-5-10(24)11(7)15(25)12-8(20)6-9-14(22)16(26)13(19(29)23-2)18(28)21(9,31)17(12)27/h3-5,8-9,14,24-25,28,30-31H,6,22H2,1-2H3,(H,23,29)/t8-,9-,14-,20+,21-/m0/s1. The van der Waals surface area contributed by atoms with Gasteiger partial charge in [-0.2, -0.15) is 0 Å². The van der Waals surface area contributed by atoms with E-state index in [1.165, 1.54) is 32.2 Å². The predicted molar refractivity (Wildman–Crippen MR) is 105 cm³/mol. The number of phenolic OH excluding ortho intramolecular Hbond substituents is 1. The maximum Gasteiger partial charge on any atom is 0.258 e. The van der Waals surface area contributed by atoms with E-state index >= 15 is 0 Å². The first-order chi connectivity index (χ1) is 14.4. The molecule has 0 aromatic heterocycles. The molecule has 164 valence electrons. The summed E-state index contributed by atoms with van der Waals surface area (Å²) < 4.78 is 0. The van der Waals surface area contributed by atoms with E-state index in [2.05, 4.69) is 5.32 Å². The van der Waals surface area contributed by atoms with Crippen LogP contribution in [0.1, 0.15) is 24.5 Å². The summed E-state index contributed by atoms with van der Waals surface area (Å²) in [6.45, 7) is 1.38. The molecular weight excluding hydrogens is 408 g/mol. The van der Waals surface area contributed by atoms with Crippen molar-refractivity contribution >= 4 is 23.2 Å². The molecule has 3 aliphatic rings. The van der Waals surface area contributed by atoms with Gasteiger partial charge in [0, 0.05) is 24.5 Å². The van der Waals surface area contributed by atoms with Crippen LogP contribution in [0.4, 0.5) is 0 Å². The van der Waals surface area contributed by atoms with Crippen molar-refractivity contribution < 1.29 is 39.9 Å². The number of rotatable bonds is 1. The molecule has 0 unspecified atom stereocenters. The van der Waals surface area contributed by atoms with Crippen LogP contribution >= 0.6 is 0 Å². The van der Waals surface area contributed by atoms with Crippen LogP contribution in [0.3, 0.4) is 0 Å².